The molecule has 9 nitrogen and oxygen atoms in total. The Kier molecular flexibility index (Phi) is 6.54. The van der Waals surface area contributed by atoms with Gasteiger partial charge in [0.15, 0.2) is 5.82 Å². The van der Waals surface area contributed by atoms with Gasteiger partial charge in [-0.3, -0.25) is 14.4 Å². The Hall–Kier alpha value is -3.88. The van der Waals surface area contributed by atoms with E-state index in [1.54, 1.807) is 37.4 Å². The molecule has 1 unspecified atom stereocenters. The molecule has 9 heteroatoms. The van der Waals surface area contributed by atoms with Crippen molar-refractivity contribution in [1.82, 2.24) is 25.1 Å². The van der Waals surface area contributed by atoms with Gasteiger partial charge < -0.3 is 11.1 Å². The number of carbonyl (C=O) groups excluding carboxylic acids is 3. The second-order valence-electron chi connectivity index (χ2n) is 7.45. The first-order chi connectivity index (χ1) is 14.8. The number of nitrogens with two attached hydrogens (primary N) is 1. The third-order valence-electron chi connectivity index (χ3n) is 4.60. The minimum atomic E-state index is -1.11. The molecule has 0 aliphatic heterocycles. The second-order valence-corrected chi connectivity index (χ2v) is 7.45. The lowest BCUT2D eigenvalue weighted by molar-refractivity contribution is -0.137. The molecule has 3 N–H and O–H groups in total. The Morgan fingerprint density at radius 1 is 1.13 bits per heavy atom. The van der Waals surface area contributed by atoms with Gasteiger partial charge in [0.2, 0.25) is 5.78 Å². The molecule has 0 radical (unpaired) electrons. The standard InChI is InChI=1S/C22H24N6O3/c1-13(2)21-24-10-9-18(26-21)28-17(11-14(3)27-28)22(31)25-16(19(29)20(23)30)12-15-7-5-4-6-8-15/h4-11,13,16H,12H2,1-3H3,(H2,23,30)(H,25,31). The van der Waals surface area contributed by atoms with Crippen molar-refractivity contribution in [2.24, 2.45) is 5.73 Å². The normalized spacial score (nSPS) is 11.9. The van der Waals surface area contributed by atoms with Crippen molar-refractivity contribution < 1.29 is 14.4 Å². The predicted octanol–water partition coefficient (Wildman–Crippen LogP) is 1.49. The van der Waals surface area contributed by atoms with Crippen molar-refractivity contribution >= 4 is 17.6 Å². The molecule has 0 saturated carbocycles. The lowest BCUT2D eigenvalue weighted by Gasteiger charge is -2.17. The average molecular weight is 420 g/mol. The van der Waals surface area contributed by atoms with Crippen molar-refractivity contribution in [3.8, 4) is 5.82 Å². The summed E-state index contributed by atoms with van der Waals surface area (Å²) < 4.78 is 1.40. The summed E-state index contributed by atoms with van der Waals surface area (Å²) in [4.78, 5) is 45.7. The number of rotatable bonds is 8. The number of ketones is 1. The number of hydrogen-bond donors (Lipinski definition) is 2. The summed E-state index contributed by atoms with van der Waals surface area (Å²) in [6, 6.07) is 11.2. The number of hydrogen-bond acceptors (Lipinski definition) is 6. The molecule has 2 aromatic heterocycles. The van der Waals surface area contributed by atoms with Gasteiger partial charge in [-0.05, 0) is 18.6 Å². The van der Waals surface area contributed by atoms with Crippen LogP contribution in [0, 0.1) is 6.92 Å². The Labute approximate surface area is 179 Å². The smallest absolute Gasteiger partial charge is 0.287 e. The van der Waals surface area contributed by atoms with Crippen molar-refractivity contribution in [1.29, 1.82) is 0 Å². The van der Waals surface area contributed by atoms with E-state index >= 15 is 0 Å². The van der Waals surface area contributed by atoms with Crippen molar-refractivity contribution in [3.63, 3.8) is 0 Å². The zero-order valence-corrected chi connectivity index (χ0v) is 17.6. The molecule has 2 heterocycles. The number of aromatic nitrogens is 4. The highest BCUT2D eigenvalue weighted by Crippen LogP contribution is 2.15. The largest absolute Gasteiger partial charge is 0.363 e. The molecular formula is C22H24N6O3. The summed E-state index contributed by atoms with van der Waals surface area (Å²) in [5.74, 6) is -1.41. The van der Waals surface area contributed by atoms with Crippen LogP contribution in [0.3, 0.4) is 0 Å². The average Bonchev–Trinajstić information content (AvgIpc) is 3.15. The number of amides is 2. The molecule has 1 aromatic carbocycles. The van der Waals surface area contributed by atoms with Gasteiger partial charge in [-0.25, -0.2) is 14.6 Å². The van der Waals surface area contributed by atoms with E-state index in [2.05, 4.69) is 20.4 Å². The van der Waals surface area contributed by atoms with Gasteiger partial charge in [-0.2, -0.15) is 5.10 Å². The molecule has 0 fully saturated rings. The van der Waals surface area contributed by atoms with Crippen LogP contribution in [0.25, 0.3) is 5.82 Å². The third kappa shape index (κ3) is 5.19. The summed E-state index contributed by atoms with van der Waals surface area (Å²) >= 11 is 0. The first-order valence-corrected chi connectivity index (χ1v) is 9.84. The predicted molar refractivity (Wildman–Crippen MR) is 114 cm³/mol. The molecule has 2 amide bonds. The topological polar surface area (TPSA) is 133 Å². The molecule has 3 aromatic rings. The number of carbonyl (C=O) groups is 3. The zero-order chi connectivity index (χ0) is 22.5. The summed E-state index contributed by atoms with van der Waals surface area (Å²) in [5, 5.41) is 6.99. The molecule has 0 aliphatic carbocycles. The minimum absolute atomic E-state index is 0.0947. The minimum Gasteiger partial charge on any atom is -0.363 e. The van der Waals surface area contributed by atoms with Gasteiger partial charge in [0, 0.05) is 24.6 Å². The molecule has 160 valence electrons. The van der Waals surface area contributed by atoms with Gasteiger partial charge >= 0.3 is 0 Å². The molecule has 3 rings (SSSR count). The lowest BCUT2D eigenvalue weighted by Crippen LogP contribution is -2.47. The Morgan fingerprint density at radius 2 is 1.84 bits per heavy atom. The molecule has 1 atom stereocenters. The van der Waals surface area contributed by atoms with Crippen molar-refractivity contribution in [2.75, 3.05) is 0 Å². The summed E-state index contributed by atoms with van der Waals surface area (Å²) in [5.41, 5.74) is 6.76. The van der Waals surface area contributed by atoms with E-state index in [0.29, 0.717) is 17.3 Å². The van der Waals surface area contributed by atoms with Crippen LogP contribution in [0.4, 0.5) is 0 Å². The van der Waals surface area contributed by atoms with E-state index in [1.807, 2.05) is 32.0 Å². The van der Waals surface area contributed by atoms with Crippen LogP contribution in [0.15, 0.2) is 48.7 Å². The molecule has 0 bridgehead atoms. The fourth-order valence-corrected chi connectivity index (χ4v) is 3.06. The number of nitrogens with zero attached hydrogens (tertiary/aromatic N) is 4. The van der Waals surface area contributed by atoms with Gasteiger partial charge in [-0.1, -0.05) is 44.2 Å². The van der Waals surface area contributed by atoms with Crippen LogP contribution in [-0.4, -0.2) is 43.4 Å². The zero-order valence-electron chi connectivity index (χ0n) is 17.6. The summed E-state index contributed by atoms with van der Waals surface area (Å²) in [7, 11) is 0. The Balaban J connectivity index is 1.92. The lowest BCUT2D eigenvalue weighted by atomic mass is 10.0. The first kappa shape index (κ1) is 21.8. The van der Waals surface area contributed by atoms with E-state index in [-0.39, 0.29) is 18.0 Å². The van der Waals surface area contributed by atoms with Crippen LogP contribution >= 0.6 is 0 Å². The van der Waals surface area contributed by atoms with Crippen LogP contribution in [-0.2, 0) is 16.0 Å². The van der Waals surface area contributed by atoms with Crippen LogP contribution in [0.5, 0.6) is 0 Å². The van der Waals surface area contributed by atoms with Gasteiger partial charge in [0.1, 0.15) is 17.6 Å². The van der Waals surface area contributed by atoms with Crippen molar-refractivity contribution in [2.45, 2.75) is 39.2 Å². The van der Waals surface area contributed by atoms with Crippen molar-refractivity contribution in [3.05, 3.63) is 71.4 Å². The van der Waals surface area contributed by atoms with Crippen LogP contribution in [0.1, 0.15) is 47.3 Å². The third-order valence-corrected chi connectivity index (χ3v) is 4.60. The van der Waals surface area contributed by atoms with E-state index in [4.69, 9.17) is 5.73 Å². The number of Topliss-reactive ketones (excluding diaryl/α,β-unsaturated/α-hetero) is 1. The molecule has 0 saturated heterocycles. The van der Waals surface area contributed by atoms with Gasteiger partial charge in [0.25, 0.3) is 11.8 Å². The maximum Gasteiger partial charge on any atom is 0.287 e. The SMILES string of the molecule is Cc1cc(C(=O)NC(Cc2ccccc2)C(=O)C(N)=O)n(-c2ccnc(C(C)C)n2)n1. The highest BCUT2D eigenvalue weighted by molar-refractivity contribution is 6.38. The number of primary amides is 1. The number of nitrogens with one attached hydrogen (secondary N) is 1. The van der Waals surface area contributed by atoms with E-state index in [0.717, 1.165) is 5.56 Å². The number of aryl methyl sites for hydroxylation is 1. The Bertz CT molecular complexity index is 1110. The highest BCUT2D eigenvalue weighted by atomic mass is 16.2. The number of benzene rings is 1. The maximum absolute atomic E-state index is 13.1. The van der Waals surface area contributed by atoms with E-state index in [1.165, 1.54) is 4.68 Å². The summed E-state index contributed by atoms with van der Waals surface area (Å²) in [6.45, 7) is 5.67. The quantitative estimate of drug-likeness (QED) is 0.531. The van der Waals surface area contributed by atoms with Crippen LogP contribution in [0.2, 0.25) is 0 Å². The van der Waals surface area contributed by atoms with E-state index in [9.17, 15) is 14.4 Å². The summed E-state index contributed by atoms with van der Waals surface area (Å²) in [6.07, 6.45) is 1.73. The Morgan fingerprint density at radius 3 is 2.48 bits per heavy atom. The molecule has 31 heavy (non-hydrogen) atoms. The highest BCUT2D eigenvalue weighted by Gasteiger charge is 2.27. The first-order valence-electron chi connectivity index (χ1n) is 9.84. The fourth-order valence-electron chi connectivity index (χ4n) is 3.06. The molecule has 0 aliphatic rings. The maximum atomic E-state index is 13.1. The molecular weight excluding hydrogens is 396 g/mol. The monoisotopic (exact) mass is 420 g/mol. The van der Waals surface area contributed by atoms with E-state index < -0.39 is 23.6 Å². The fraction of sp³-hybridized carbons (Fsp3) is 0.273. The van der Waals surface area contributed by atoms with Crippen LogP contribution < -0.4 is 11.1 Å². The second kappa shape index (κ2) is 9.29. The van der Waals surface area contributed by atoms with Gasteiger partial charge in [-0.15, -0.1) is 0 Å². The van der Waals surface area contributed by atoms with Gasteiger partial charge in [0.05, 0.1) is 5.69 Å². The molecule has 0 spiro atoms.